The van der Waals surface area contributed by atoms with Crippen LogP contribution >= 0.6 is 0 Å². The molecule has 0 atom stereocenters. The summed E-state index contributed by atoms with van der Waals surface area (Å²) in [7, 11) is 2.13. The lowest BCUT2D eigenvalue weighted by Crippen LogP contribution is -2.57. The zero-order valence-corrected chi connectivity index (χ0v) is 13.1. The summed E-state index contributed by atoms with van der Waals surface area (Å²) < 4.78 is 26.7. The van der Waals surface area contributed by atoms with Crippen LogP contribution in [0.3, 0.4) is 0 Å². The Morgan fingerprint density at radius 3 is 2.48 bits per heavy atom. The van der Waals surface area contributed by atoms with Crippen molar-refractivity contribution in [3.05, 3.63) is 35.4 Å². The Bertz CT molecular complexity index is 469. The maximum absolute atomic E-state index is 13.6. The number of hydrogen-bond acceptors (Lipinski definition) is 3. The summed E-state index contributed by atoms with van der Waals surface area (Å²) in [5.41, 5.74) is 0.384. The molecule has 0 unspecified atom stereocenters. The topological polar surface area (TPSA) is 18.5 Å². The quantitative estimate of drug-likeness (QED) is 0.898. The minimum Gasteiger partial charge on any atom is -0.311 e. The molecule has 1 aromatic rings. The molecule has 0 bridgehead atoms. The van der Waals surface area contributed by atoms with E-state index < -0.39 is 11.6 Å². The standard InChI is InChI=1S/C16H25F2N3/c1-16(2,21-9-7-20(3)8-10-21)12-19-11-13-5-4-6-14(17)15(13)18/h4-6,19H,7-12H2,1-3H3. The first-order valence-corrected chi connectivity index (χ1v) is 7.47. The van der Waals surface area contributed by atoms with Crippen LogP contribution in [0.25, 0.3) is 0 Å². The monoisotopic (exact) mass is 297 g/mol. The number of nitrogens with zero attached hydrogens (tertiary/aromatic N) is 2. The first kappa shape index (κ1) is 16.3. The van der Waals surface area contributed by atoms with Gasteiger partial charge in [-0.25, -0.2) is 8.78 Å². The van der Waals surface area contributed by atoms with Gasteiger partial charge in [-0.1, -0.05) is 12.1 Å². The van der Waals surface area contributed by atoms with Gasteiger partial charge in [-0.3, -0.25) is 4.90 Å². The predicted octanol–water partition coefficient (Wildman–Crippen LogP) is 2.08. The first-order chi connectivity index (χ1) is 9.90. The van der Waals surface area contributed by atoms with Crippen molar-refractivity contribution in [1.82, 2.24) is 15.1 Å². The molecule has 0 radical (unpaired) electrons. The SMILES string of the molecule is CN1CCN(C(C)(C)CNCc2cccc(F)c2F)CC1. The van der Waals surface area contributed by atoms with E-state index in [9.17, 15) is 8.78 Å². The van der Waals surface area contributed by atoms with Crippen LogP contribution in [-0.4, -0.2) is 55.1 Å². The van der Waals surface area contributed by atoms with E-state index in [1.54, 1.807) is 12.1 Å². The van der Waals surface area contributed by atoms with Gasteiger partial charge in [-0.05, 0) is 27.0 Å². The van der Waals surface area contributed by atoms with Crippen LogP contribution in [0.15, 0.2) is 18.2 Å². The van der Waals surface area contributed by atoms with Gasteiger partial charge in [0.15, 0.2) is 11.6 Å². The third-order valence-corrected chi connectivity index (χ3v) is 4.26. The molecular formula is C16H25F2N3. The van der Waals surface area contributed by atoms with Gasteiger partial charge in [-0.2, -0.15) is 0 Å². The largest absolute Gasteiger partial charge is 0.311 e. The maximum Gasteiger partial charge on any atom is 0.163 e. The van der Waals surface area contributed by atoms with Crippen molar-refractivity contribution >= 4 is 0 Å². The molecule has 1 aliphatic heterocycles. The van der Waals surface area contributed by atoms with Gasteiger partial charge in [0.2, 0.25) is 0 Å². The summed E-state index contributed by atoms with van der Waals surface area (Å²) in [6, 6.07) is 4.31. The van der Waals surface area contributed by atoms with Crippen molar-refractivity contribution < 1.29 is 8.78 Å². The highest BCUT2D eigenvalue weighted by Crippen LogP contribution is 2.16. The Morgan fingerprint density at radius 2 is 1.81 bits per heavy atom. The summed E-state index contributed by atoms with van der Waals surface area (Å²) in [5.74, 6) is -1.53. The lowest BCUT2D eigenvalue weighted by molar-refractivity contribution is 0.0617. The molecule has 0 amide bonds. The summed E-state index contributed by atoms with van der Waals surface area (Å²) in [5, 5.41) is 3.26. The molecule has 2 rings (SSSR count). The molecule has 0 aliphatic carbocycles. The predicted molar refractivity (Wildman–Crippen MR) is 81.2 cm³/mol. The Morgan fingerprint density at radius 1 is 1.14 bits per heavy atom. The van der Waals surface area contributed by atoms with E-state index in [0.29, 0.717) is 12.1 Å². The Hall–Kier alpha value is -1.04. The molecule has 3 nitrogen and oxygen atoms in total. The van der Waals surface area contributed by atoms with Crippen LogP contribution in [-0.2, 0) is 6.54 Å². The lowest BCUT2D eigenvalue weighted by atomic mass is 10.0. The van der Waals surface area contributed by atoms with Crippen LogP contribution in [0.4, 0.5) is 8.78 Å². The second-order valence-electron chi connectivity index (χ2n) is 6.42. The minimum atomic E-state index is -0.785. The van der Waals surface area contributed by atoms with Crippen molar-refractivity contribution in [2.45, 2.75) is 25.9 Å². The third kappa shape index (κ3) is 4.22. The van der Waals surface area contributed by atoms with Crippen LogP contribution in [0, 0.1) is 11.6 Å². The molecule has 5 heteroatoms. The zero-order valence-electron chi connectivity index (χ0n) is 13.1. The van der Waals surface area contributed by atoms with E-state index in [4.69, 9.17) is 0 Å². The molecule has 21 heavy (non-hydrogen) atoms. The van der Waals surface area contributed by atoms with E-state index in [1.807, 2.05) is 0 Å². The maximum atomic E-state index is 13.6. The fraction of sp³-hybridized carbons (Fsp3) is 0.625. The van der Waals surface area contributed by atoms with E-state index >= 15 is 0 Å². The third-order valence-electron chi connectivity index (χ3n) is 4.26. The van der Waals surface area contributed by atoms with E-state index in [-0.39, 0.29) is 5.54 Å². The summed E-state index contributed by atoms with van der Waals surface area (Å²) in [4.78, 5) is 4.77. The molecule has 1 heterocycles. The number of piperazine rings is 1. The molecule has 0 aromatic heterocycles. The normalized spacial score (nSPS) is 18.1. The van der Waals surface area contributed by atoms with Gasteiger partial charge in [-0.15, -0.1) is 0 Å². The molecule has 1 fully saturated rings. The minimum absolute atomic E-state index is 0.00502. The van der Waals surface area contributed by atoms with Crippen molar-refractivity contribution in [2.24, 2.45) is 0 Å². The highest BCUT2D eigenvalue weighted by atomic mass is 19.2. The number of halogens is 2. The number of hydrogen-bond donors (Lipinski definition) is 1. The number of nitrogens with one attached hydrogen (secondary N) is 1. The fourth-order valence-corrected chi connectivity index (χ4v) is 2.71. The summed E-state index contributed by atoms with van der Waals surface area (Å²) >= 11 is 0. The molecule has 0 saturated carbocycles. The highest BCUT2D eigenvalue weighted by molar-refractivity contribution is 5.18. The molecule has 118 valence electrons. The first-order valence-electron chi connectivity index (χ1n) is 7.47. The smallest absolute Gasteiger partial charge is 0.163 e. The molecular weight excluding hydrogens is 272 g/mol. The molecule has 1 aromatic carbocycles. The number of rotatable bonds is 5. The molecule has 0 spiro atoms. The highest BCUT2D eigenvalue weighted by Gasteiger charge is 2.28. The molecule has 1 aliphatic rings. The average molecular weight is 297 g/mol. The van der Waals surface area contributed by atoms with E-state index in [0.717, 1.165) is 38.8 Å². The number of benzene rings is 1. The Kier molecular flexibility index (Phi) is 5.30. The van der Waals surface area contributed by atoms with Crippen LogP contribution < -0.4 is 5.32 Å². The van der Waals surface area contributed by atoms with Gasteiger partial charge in [0.1, 0.15) is 0 Å². The summed E-state index contributed by atoms with van der Waals surface area (Å²) in [6.07, 6.45) is 0. The van der Waals surface area contributed by atoms with Crippen molar-refractivity contribution in [3.8, 4) is 0 Å². The average Bonchev–Trinajstić information content (AvgIpc) is 2.44. The molecule has 1 N–H and O–H groups in total. The van der Waals surface area contributed by atoms with Crippen molar-refractivity contribution in [1.29, 1.82) is 0 Å². The second-order valence-corrected chi connectivity index (χ2v) is 6.42. The zero-order chi connectivity index (χ0) is 15.5. The summed E-state index contributed by atoms with van der Waals surface area (Å²) in [6.45, 7) is 9.69. The molecule has 1 saturated heterocycles. The van der Waals surface area contributed by atoms with Gasteiger partial charge in [0, 0.05) is 50.4 Å². The number of likely N-dealkylation sites (N-methyl/N-ethyl adjacent to an activating group) is 1. The lowest BCUT2D eigenvalue weighted by Gasteiger charge is -2.43. The van der Waals surface area contributed by atoms with Gasteiger partial charge < -0.3 is 10.2 Å². The van der Waals surface area contributed by atoms with Gasteiger partial charge in [0.25, 0.3) is 0 Å². The fourth-order valence-electron chi connectivity index (χ4n) is 2.71. The van der Waals surface area contributed by atoms with E-state index in [2.05, 4.69) is 36.0 Å². The van der Waals surface area contributed by atoms with Crippen LogP contribution in [0.5, 0.6) is 0 Å². The van der Waals surface area contributed by atoms with Crippen molar-refractivity contribution in [3.63, 3.8) is 0 Å². The van der Waals surface area contributed by atoms with Crippen LogP contribution in [0.1, 0.15) is 19.4 Å². The Labute approximate surface area is 125 Å². The van der Waals surface area contributed by atoms with Gasteiger partial charge in [0.05, 0.1) is 0 Å². The van der Waals surface area contributed by atoms with Crippen molar-refractivity contribution in [2.75, 3.05) is 39.8 Å². The second kappa shape index (κ2) is 6.81. The van der Waals surface area contributed by atoms with E-state index in [1.165, 1.54) is 0 Å². The van der Waals surface area contributed by atoms with Crippen LogP contribution in [0.2, 0.25) is 0 Å². The Balaban J connectivity index is 1.85. The van der Waals surface area contributed by atoms with Gasteiger partial charge >= 0.3 is 0 Å².